The third-order valence-electron chi connectivity index (χ3n) is 2.63. The standard InChI is InChI=1S/C12H16ClFN2O4S/c1-7(6-20-2)5-16-12(17)8-3-11(21(15,18)19)10(14)4-9(8)13/h3-4,7H,5-6H2,1-2H3,(H,16,17)(H2,15,18,19). The second kappa shape index (κ2) is 7.17. The van der Waals surface area contributed by atoms with Crippen LogP contribution in [-0.4, -0.2) is 34.6 Å². The molecule has 1 amide bonds. The van der Waals surface area contributed by atoms with E-state index in [0.717, 1.165) is 12.1 Å². The van der Waals surface area contributed by atoms with Crippen molar-refractivity contribution < 1.29 is 22.3 Å². The highest BCUT2D eigenvalue weighted by Crippen LogP contribution is 2.23. The summed E-state index contributed by atoms with van der Waals surface area (Å²) in [7, 11) is -2.74. The van der Waals surface area contributed by atoms with E-state index in [-0.39, 0.29) is 16.5 Å². The molecule has 1 aromatic rings. The van der Waals surface area contributed by atoms with Gasteiger partial charge >= 0.3 is 0 Å². The van der Waals surface area contributed by atoms with Gasteiger partial charge in [-0.1, -0.05) is 18.5 Å². The Morgan fingerprint density at radius 2 is 2.14 bits per heavy atom. The molecule has 21 heavy (non-hydrogen) atoms. The Labute approximate surface area is 127 Å². The molecule has 1 aromatic carbocycles. The van der Waals surface area contributed by atoms with Crippen molar-refractivity contribution in [2.75, 3.05) is 20.3 Å². The molecule has 0 saturated carbocycles. The van der Waals surface area contributed by atoms with Crippen molar-refractivity contribution in [1.29, 1.82) is 0 Å². The fourth-order valence-corrected chi connectivity index (χ4v) is 2.48. The van der Waals surface area contributed by atoms with Crippen LogP contribution in [0.4, 0.5) is 4.39 Å². The highest BCUT2D eigenvalue weighted by atomic mass is 35.5. The zero-order valence-electron chi connectivity index (χ0n) is 11.5. The molecule has 1 rings (SSSR count). The van der Waals surface area contributed by atoms with Gasteiger partial charge in [-0.3, -0.25) is 4.79 Å². The Bertz CT molecular complexity index is 636. The number of amides is 1. The monoisotopic (exact) mass is 338 g/mol. The number of benzene rings is 1. The molecule has 0 aromatic heterocycles. The van der Waals surface area contributed by atoms with Crippen LogP contribution in [0, 0.1) is 11.7 Å². The molecule has 6 nitrogen and oxygen atoms in total. The van der Waals surface area contributed by atoms with E-state index in [9.17, 15) is 17.6 Å². The minimum absolute atomic E-state index is 0.0517. The van der Waals surface area contributed by atoms with Crippen LogP contribution >= 0.6 is 11.6 Å². The van der Waals surface area contributed by atoms with Crippen LogP contribution in [0.1, 0.15) is 17.3 Å². The minimum atomic E-state index is -4.28. The molecule has 0 aliphatic heterocycles. The van der Waals surface area contributed by atoms with Crippen LogP contribution < -0.4 is 10.5 Å². The molecule has 0 aliphatic carbocycles. The minimum Gasteiger partial charge on any atom is -0.384 e. The molecule has 0 saturated heterocycles. The Morgan fingerprint density at radius 3 is 2.67 bits per heavy atom. The van der Waals surface area contributed by atoms with Crippen molar-refractivity contribution in [3.05, 3.63) is 28.5 Å². The van der Waals surface area contributed by atoms with Gasteiger partial charge in [0.05, 0.1) is 17.2 Å². The van der Waals surface area contributed by atoms with E-state index in [1.54, 1.807) is 0 Å². The SMILES string of the molecule is COCC(C)CNC(=O)c1cc(S(N)(=O)=O)c(F)cc1Cl. The lowest BCUT2D eigenvalue weighted by molar-refractivity contribution is 0.0934. The number of rotatable bonds is 6. The molecule has 1 atom stereocenters. The van der Waals surface area contributed by atoms with Gasteiger partial charge in [-0.15, -0.1) is 0 Å². The molecule has 0 fully saturated rings. The molecule has 0 aliphatic rings. The predicted octanol–water partition coefficient (Wildman–Crippen LogP) is 1.14. The summed E-state index contributed by atoms with van der Waals surface area (Å²) in [4.78, 5) is 11.2. The third kappa shape index (κ3) is 4.92. The first kappa shape index (κ1) is 17.8. The maximum atomic E-state index is 13.5. The third-order valence-corrected chi connectivity index (χ3v) is 3.87. The summed E-state index contributed by atoms with van der Waals surface area (Å²) in [6, 6.07) is 1.57. The maximum Gasteiger partial charge on any atom is 0.252 e. The topological polar surface area (TPSA) is 98.5 Å². The first-order chi connectivity index (χ1) is 9.66. The number of primary sulfonamides is 1. The summed E-state index contributed by atoms with van der Waals surface area (Å²) in [5.41, 5.74) is -0.160. The van der Waals surface area contributed by atoms with Crippen molar-refractivity contribution in [1.82, 2.24) is 5.32 Å². The number of ether oxygens (including phenoxy) is 1. The zero-order chi connectivity index (χ0) is 16.2. The number of hydrogen-bond acceptors (Lipinski definition) is 4. The number of methoxy groups -OCH3 is 1. The second-order valence-corrected chi connectivity index (χ2v) is 6.52. The zero-order valence-corrected chi connectivity index (χ0v) is 13.1. The number of carbonyl (C=O) groups excluding carboxylic acids is 1. The molecule has 118 valence electrons. The van der Waals surface area contributed by atoms with Gasteiger partial charge in [0.1, 0.15) is 10.7 Å². The summed E-state index contributed by atoms with van der Waals surface area (Å²) in [6.07, 6.45) is 0. The normalized spacial score (nSPS) is 13.0. The Morgan fingerprint density at radius 1 is 1.52 bits per heavy atom. The average molecular weight is 339 g/mol. The van der Waals surface area contributed by atoms with Crippen molar-refractivity contribution in [3.8, 4) is 0 Å². The van der Waals surface area contributed by atoms with Crippen molar-refractivity contribution in [2.24, 2.45) is 11.1 Å². The molecule has 0 radical (unpaired) electrons. The summed E-state index contributed by atoms with van der Waals surface area (Å²) < 4.78 is 40.9. The summed E-state index contributed by atoms with van der Waals surface area (Å²) in [5.74, 6) is -1.67. The van der Waals surface area contributed by atoms with Gasteiger partial charge in [-0.2, -0.15) is 0 Å². The molecular formula is C12H16ClFN2O4S. The van der Waals surface area contributed by atoms with E-state index in [0.29, 0.717) is 13.2 Å². The number of halogens is 2. The van der Waals surface area contributed by atoms with E-state index >= 15 is 0 Å². The average Bonchev–Trinajstić information content (AvgIpc) is 2.34. The first-order valence-electron chi connectivity index (χ1n) is 5.95. The van der Waals surface area contributed by atoms with Gasteiger partial charge in [0.25, 0.3) is 5.91 Å². The van der Waals surface area contributed by atoms with Crippen LogP contribution in [0.15, 0.2) is 17.0 Å². The smallest absolute Gasteiger partial charge is 0.252 e. The molecule has 0 heterocycles. The highest BCUT2D eigenvalue weighted by molar-refractivity contribution is 7.89. The van der Waals surface area contributed by atoms with Crippen molar-refractivity contribution in [3.63, 3.8) is 0 Å². The summed E-state index contributed by atoms with van der Waals surface area (Å²) >= 11 is 5.76. The molecule has 0 spiro atoms. The van der Waals surface area contributed by atoms with Crippen LogP contribution in [0.25, 0.3) is 0 Å². The number of nitrogens with one attached hydrogen (secondary N) is 1. The van der Waals surface area contributed by atoms with Gasteiger partial charge < -0.3 is 10.1 Å². The van der Waals surface area contributed by atoms with Crippen molar-refractivity contribution in [2.45, 2.75) is 11.8 Å². The Kier molecular flexibility index (Phi) is 6.09. The lowest BCUT2D eigenvalue weighted by Crippen LogP contribution is -2.30. The summed E-state index contributed by atoms with van der Waals surface area (Å²) in [6.45, 7) is 2.59. The summed E-state index contributed by atoms with van der Waals surface area (Å²) in [5, 5.41) is 7.24. The fourth-order valence-electron chi connectivity index (χ4n) is 1.63. The van der Waals surface area contributed by atoms with E-state index in [1.165, 1.54) is 7.11 Å². The largest absolute Gasteiger partial charge is 0.384 e. The fraction of sp³-hybridized carbons (Fsp3) is 0.417. The number of nitrogens with two attached hydrogens (primary N) is 1. The molecule has 1 unspecified atom stereocenters. The van der Waals surface area contributed by atoms with E-state index in [1.807, 2.05) is 6.92 Å². The Balaban J connectivity index is 3.00. The van der Waals surface area contributed by atoms with Gasteiger partial charge in [-0.05, 0) is 18.1 Å². The number of sulfonamides is 1. The first-order valence-corrected chi connectivity index (χ1v) is 7.88. The maximum absolute atomic E-state index is 13.5. The lowest BCUT2D eigenvalue weighted by Gasteiger charge is -2.13. The molecule has 9 heteroatoms. The molecule has 3 N–H and O–H groups in total. The lowest BCUT2D eigenvalue weighted by atomic mass is 10.1. The predicted molar refractivity (Wildman–Crippen MR) is 76.2 cm³/mol. The van der Waals surface area contributed by atoms with Gasteiger partial charge in [0.2, 0.25) is 10.0 Å². The van der Waals surface area contributed by atoms with Crippen LogP contribution in [0.2, 0.25) is 5.02 Å². The van der Waals surface area contributed by atoms with E-state index < -0.39 is 26.6 Å². The number of carbonyl (C=O) groups is 1. The molecular weight excluding hydrogens is 323 g/mol. The van der Waals surface area contributed by atoms with Gasteiger partial charge in [0.15, 0.2) is 0 Å². The highest BCUT2D eigenvalue weighted by Gasteiger charge is 2.21. The Hall–Kier alpha value is -1.22. The quantitative estimate of drug-likeness (QED) is 0.812. The molecule has 0 bridgehead atoms. The number of hydrogen-bond donors (Lipinski definition) is 2. The van der Waals surface area contributed by atoms with Crippen LogP contribution in [0.5, 0.6) is 0 Å². The van der Waals surface area contributed by atoms with Crippen molar-refractivity contribution >= 4 is 27.5 Å². The van der Waals surface area contributed by atoms with E-state index in [2.05, 4.69) is 5.32 Å². The van der Waals surface area contributed by atoms with Crippen LogP contribution in [0.3, 0.4) is 0 Å². The van der Waals surface area contributed by atoms with Gasteiger partial charge in [-0.25, -0.2) is 17.9 Å². The van der Waals surface area contributed by atoms with E-state index in [4.69, 9.17) is 21.5 Å². The second-order valence-electron chi connectivity index (χ2n) is 4.58. The van der Waals surface area contributed by atoms with Crippen LogP contribution in [-0.2, 0) is 14.8 Å². The van der Waals surface area contributed by atoms with Gasteiger partial charge in [0, 0.05) is 13.7 Å².